The topological polar surface area (TPSA) is 90.2 Å². The third-order valence-corrected chi connectivity index (χ3v) is 7.82. The molecule has 1 aromatic heterocycles. The molecule has 2 atom stereocenters. The summed E-state index contributed by atoms with van der Waals surface area (Å²) < 4.78 is 5.18. The van der Waals surface area contributed by atoms with Crippen LogP contribution in [0.4, 0.5) is 0 Å². The molecule has 5 aliphatic rings. The van der Waals surface area contributed by atoms with Crippen molar-refractivity contribution in [3.63, 3.8) is 0 Å². The molecule has 158 valence electrons. The van der Waals surface area contributed by atoms with Crippen LogP contribution in [0.5, 0.6) is 0 Å². The monoisotopic (exact) mass is 401 g/mol. The maximum absolute atomic E-state index is 13.8. The number of piperidine rings is 1. The summed E-state index contributed by atoms with van der Waals surface area (Å²) in [6.45, 7) is 5.45. The third-order valence-electron chi connectivity index (χ3n) is 7.82. The predicted octanol–water partition coefficient (Wildman–Crippen LogP) is 2.08. The third kappa shape index (κ3) is 3.06. The Bertz CT molecular complexity index is 799. The van der Waals surface area contributed by atoms with Crippen molar-refractivity contribution in [1.82, 2.24) is 25.1 Å². The summed E-state index contributed by atoms with van der Waals surface area (Å²) in [7, 11) is 0. The molecule has 1 amide bonds. The number of aryl methyl sites for hydroxylation is 1. The van der Waals surface area contributed by atoms with Crippen LogP contribution < -0.4 is 0 Å². The summed E-state index contributed by atoms with van der Waals surface area (Å²) in [5.41, 5.74) is -0.438. The van der Waals surface area contributed by atoms with Gasteiger partial charge < -0.3 is 9.64 Å². The van der Waals surface area contributed by atoms with Crippen molar-refractivity contribution in [2.24, 2.45) is 23.2 Å². The minimum Gasteiger partial charge on any atom is -0.466 e. The molecule has 6 rings (SSSR count). The number of nitrogens with zero attached hydrogens (tertiary/aromatic N) is 5. The van der Waals surface area contributed by atoms with E-state index in [-0.39, 0.29) is 22.8 Å². The largest absolute Gasteiger partial charge is 0.466 e. The molecule has 8 heteroatoms. The Morgan fingerprint density at radius 3 is 2.41 bits per heavy atom. The highest BCUT2D eigenvalue weighted by Crippen LogP contribution is 2.64. The lowest BCUT2D eigenvalue weighted by Crippen LogP contribution is -2.62. The second-order valence-corrected chi connectivity index (χ2v) is 9.91. The van der Waals surface area contributed by atoms with E-state index < -0.39 is 0 Å². The van der Waals surface area contributed by atoms with Crippen molar-refractivity contribution in [3.8, 4) is 0 Å². The first-order valence-corrected chi connectivity index (χ1v) is 11.2. The van der Waals surface area contributed by atoms with E-state index in [2.05, 4.69) is 15.4 Å². The van der Waals surface area contributed by atoms with Gasteiger partial charge in [0.15, 0.2) is 5.82 Å². The highest BCUT2D eigenvalue weighted by molar-refractivity contribution is 5.84. The normalized spacial score (nSPS) is 36.4. The Balaban J connectivity index is 1.34. The zero-order valence-corrected chi connectivity index (χ0v) is 17.5. The first kappa shape index (κ1) is 19.0. The lowest BCUT2D eigenvalue weighted by molar-refractivity contribution is -0.170. The maximum atomic E-state index is 13.8. The van der Waals surface area contributed by atoms with Crippen molar-refractivity contribution in [3.05, 3.63) is 5.82 Å². The van der Waals surface area contributed by atoms with Gasteiger partial charge in [-0.3, -0.25) is 9.59 Å². The number of hydrogen-bond acceptors (Lipinski definition) is 6. The smallest absolute Gasteiger partial charge is 0.309 e. The summed E-state index contributed by atoms with van der Waals surface area (Å²) in [6, 6.07) is 0. The fourth-order valence-electron chi connectivity index (χ4n) is 7.10. The molecular weight excluding hydrogens is 370 g/mol. The molecule has 1 aliphatic heterocycles. The molecule has 0 radical (unpaired) electrons. The number of aromatic nitrogens is 4. The number of ether oxygens (including phenoxy) is 1. The average molecular weight is 402 g/mol. The lowest BCUT2D eigenvalue weighted by atomic mass is 9.46. The number of hydrogen-bond donors (Lipinski definition) is 0. The van der Waals surface area contributed by atoms with Crippen LogP contribution in [0.25, 0.3) is 0 Å². The van der Waals surface area contributed by atoms with Crippen LogP contribution in [0.3, 0.4) is 0 Å². The molecule has 29 heavy (non-hydrogen) atoms. The predicted molar refractivity (Wildman–Crippen MR) is 104 cm³/mol. The number of esters is 1. The summed E-state index contributed by atoms with van der Waals surface area (Å²) in [5, 5.41) is 13.0. The molecular formula is C21H31N5O3. The van der Waals surface area contributed by atoms with Gasteiger partial charge in [0, 0.05) is 13.1 Å². The molecule has 8 nitrogen and oxygen atoms in total. The van der Waals surface area contributed by atoms with Crippen LogP contribution >= 0.6 is 0 Å². The van der Waals surface area contributed by atoms with Crippen molar-refractivity contribution in [1.29, 1.82) is 0 Å². The number of amides is 1. The molecule has 0 aromatic carbocycles. The summed E-state index contributed by atoms with van der Waals surface area (Å²) in [4.78, 5) is 29.7. The van der Waals surface area contributed by atoms with Crippen molar-refractivity contribution < 1.29 is 14.3 Å². The fraction of sp³-hybridized carbons (Fsp3) is 0.857. The minimum absolute atomic E-state index is 0.0657. The molecule has 1 saturated heterocycles. The van der Waals surface area contributed by atoms with Gasteiger partial charge in [-0.25, -0.2) is 0 Å². The van der Waals surface area contributed by atoms with E-state index in [1.54, 1.807) is 0 Å². The van der Waals surface area contributed by atoms with Crippen LogP contribution in [0.2, 0.25) is 0 Å². The van der Waals surface area contributed by atoms with Gasteiger partial charge in [-0.05, 0) is 82.3 Å². The molecule has 2 heterocycles. The quantitative estimate of drug-likeness (QED) is 0.718. The van der Waals surface area contributed by atoms with Gasteiger partial charge in [0.25, 0.3) is 0 Å². The van der Waals surface area contributed by atoms with E-state index in [0.717, 1.165) is 32.1 Å². The Kier molecular flexibility index (Phi) is 4.44. The molecule has 5 fully saturated rings. The van der Waals surface area contributed by atoms with Gasteiger partial charge in [-0.2, -0.15) is 4.80 Å². The fourth-order valence-corrected chi connectivity index (χ4v) is 7.10. The van der Waals surface area contributed by atoms with E-state index >= 15 is 0 Å². The molecule has 4 saturated carbocycles. The Hall–Kier alpha value is -1.99. The van der Waals surface area contributed by atoms with Crippen LogP contribution in [0.15, 0.2) is 0 Å². The SMILES string of the molecule is CCOC(=O)C1CCN(C(=O)C23C[C@H]4C[C@H](C2)CC(n2nnc(C)n2)(C4)C3)CC1. The summed E-state index contributed by atoms with van der Waals surface area (Å²) in [5.74, 6) is 1.97. The molecule has 4 bridgehead atoms. The molecule has 0 unspecified atom stereocenters. The van der Waals surface area contributed by atoms with Crippen LogP contribution in [-0.4, -0.2) is 56.7 Å². The van der Waals surface area contributed by atoms with Gasteiger partial charge in [-0.15, -0.1) is 10.2 Å². The zero-order chi connectivity index (χ0) is 20.2. The van der Waals surface area contributed by atoms with Crippen LogP contribution in [-0.2, 0) is 19.9 Å². The summed E-state index contributed by atoms with van der Waals surface area (Å²) in [6.07, 6.45) is 7.61. The van der Waals surface area contributed by atoms with Crippen LogP contribution in [0.1, 0.15) is 64.1 Å². The zero-order valence-electron chi connectivity index (χ0n) is 17.5. The Morgan fingerprint density at radius 2 is 1.83 bits per heavy atom. The van der Waals surface area contributed by atoms with Gasteiger partial charge in [0.05, 0.1) is 23.5 Å². The van der Waals surface area contributed by atoms with Crippen molar-refractivity contribution in [2.75, 3.05) is 19.7 Å². The number of carbonyl (C=O) groups is 2. The number of rotatable bonds is 4. The molecule has 0 spiro atoms. The van der Waals surface area contributed by atoms with Gasteiger partial charge in [0.1, 0.15) is 0 Å². The molecule has 4 aliphatic carbocycles. The molecule has 1 aromatic rings. The van der Waals surface area contributed by atoms with E-state index in [0.29, 0.717) is 56.1 Å². The number of likely N-dealkylation sites (tertiary alicyclic amines) is 1. The highest BCUT2D eigenvalue weighted by Gasteiger charge is 2.63. The second kappa shape index (κ2) is 6.77. The second-order valence-electron chi connectivity index (χ2n) is 9.91. The summed E-state index contributed by atoms with van der Waals surface area (Å²) >= 11 is 0. The van der Waals surface area contributed by atoms with Crippen LogP contribution in [0, 0.1) is 30.1 Å². The van der Waals surface area contributed by atoms with E-state index in [1.165, 1.54) is 6.42 Å². The minimum atomic E-state index is -0.289. The van der Waals surface area contributed by atoms with Gasteiger partial charge in [0.2, 0.25) is 5.91 Å². The van der Waals surface area contributed by atoms with Crippen molar-refractivity contribution in [2.45, 2.75) is 70.8 Å². The first-order chi connectivity index (χ1) is 13.9. The first-order valence-electron chi connectivity index (χ1n) is 11.2. The van der Waals surface area contributed by atoms with Crippen molar-refractivity contribution >= 4 is 11.9 Å². The number of tetrazole rings is 1. The number of carbonyl (C=O) groups excluding carboxylic acids is 2. The maximum Gasteiger partial charge on any atom is 0.309 e. The molecule has 0 N–H and O–H groups in total. The van der Waals surface area contributed by atoms with E-state index in [4.69, 9.17) is 4.74 Å². The van der Waals surface area contributed by atoms with E-state index in [9.17, 15) is 9.59 Å². The lowest BCUT2D eigenvalue weighted by Gasteiger charge is -2.61. The van der Waals surface area contributed by atoms with Gasteiger partial charge >= 0.3 is 5.97 Å². The Morgan fingerprint density at radius 1 is 1.14 bits per heavy atom. The van der Waals surface area contributed by atoms with E-state index in [1.807, 2.05) is 23.5 Å². The average Bonchev–Trinajstić information content (AvgIpc) is 3.14. The van der Waals surface area contributed by atoms with Gasteiger partial charge in [-0.1, -0.05) is 0 Å². The standard InChI is InChI=1S/C21H31N5O3/c1-3-29-18(27)17-4-6-25(7-5-17)19(28)20-9-15-8-16(10-20)12-21(11-15,13-20)26-23-14(2)22-24-26/h15-17H,3-13H2,1-2H3/t15-,16-,20?,21?/m1/s1. The highest BCUT2D eigenvalue weighted by atomic mass is 16.5. The Labute approximate surface area is 171 Å².